The number of nitrogens with zero attached hydrogens (tertiary/aromatic N) is 1. The number of Topliss-reactive ketones (excluding diaryl/α,β-unsaturated/α-hetero) is 1. The maximum absolute atomic E-state index is 12.9. The van der Waals surface area contributed by atoms with Crippen molar-refractivity contribution in [3.8, 4) is 11.1 Å². The van der Waals surface area contributed by atoms with E-state index < -0.39 is 17.3 Å². The fraction of sp³-hybridized carbons (Fsp3) is 0.100. The molecule has 0 amide bonds. The summed E-state index contributed by atoms with van der Waals surface area (Å²) in [6.45, 7) is -0.203. The molecule has 0 aliphatic rings. The van der Waals surface area contributed by atoms with E-state index in [0.29, 0.717) is 21.2 Å². The lowest BCUT2D eigenvalue weighted by Gasteiger charge is -2.10. The van der Waals surface area contributed by atoms with Crippen molar-refractivity contribution in [3.05, 3.63) is 86.7 Å². The summed E-state index contributed by atoms with van der Waals surface area (Å²) in [6, 6.07) is 12.6. The zero-order valence-electron chi connectivity index (χ0n) is 14.3. The lowest BCUT2D eigenvalue weighted by atomic mass is 10.0. The van der Waals surface area contributed by atoms with E-state index in [1.54, 1.807) is 18.2 Å². The number of halogens is 4. The van der Waals surface area contributed by atoms with Crippen LogP contribution in [0.3, 0.4) is 0 Å². The molecule has 1 heterocycles. The molecule has 0 bridgehead atoms. The minimum Gasteiger partial charge on any atom is -0.394 e. The molecule has 4 nitrogen and oxygen atoms in total. The number of aromatic nitrogens is 1. The molecule has 3 aromatic rings. The highest BCUT2D eigenvalue weighted by atomic mass is 79.9. The first-order chi connectivity index (χ1) is 13.1. The maximum Gasteiger partial charge on any atom is 0.416 e. The van der Waals surface area contributed by atoms with Crippen LogP contribution in [0, 0.1) is 0 Å². The fourth-order valence-electron chi connectivity index (χ4n) is 2.71. The Hall–Kier alpha value is -2.87. The molecule has 2 aromatic carbocycles. The van der Waals surface area contributed by atoms with Gasteiger partial charge in [0.25, 0.3) is 5.56 Å². The quantitative estimate of drug-likeness (QED) is 0.582. The average molecular weight is 451 g/mol. The lowest BCUT2D eigenvalue weighted by molar-refractivity contribution is -0.137. The van der Waals surface area contributed by atoms with Gasteiger partial charge in [-0.05, 0) is 45.3 Å². The average Bonchev–Trinajstić information content (AvgIpc) is 2.65. The summed E-state index contributed by atoms with van der Waals surface area (Å²) in [5.74, 6) is -0.324. The maximum atomic E-state index is 12.9. The van der Waals surface area contributed by atoms with Crippen molar-refractivity contribution in [3.63, 3.8) is 0 Å². The van der Waals surface area contributed by atoms with Crippen molar-refractivity contribution in [2.24, 2.45) is 0 Å². The van der Waals surface area contributed by atoms with E-state index in [9.17, 15) is 22.8 Å². The number of nitrogen functional groups attached to an aromatic ring is 1. The molecule has 144 valence electrons. The summed E-state index contributed by atoms with van der Waals surface area (Å²) < 4.78 is 40.4. The Morgan fingerprint density at radius 1 is 1.04 bits per heavy atom. The van der Waals surface area contributed by atoms with Gasteiger partial charge in [-0.25, -0.2) is 0 Å². The van der Waals surface area contributed by atoms with Gasteiger partial charge in [-0.1, -0.05) is 36.4 Å². The Kier molecular flexibility index (Phi) is 5.42. The van der Waals surface area contributed by atoms with E-state index in [0.717, 1.165) is 12.1 Å². The van der Waals surface area contributed by atoms with Crippen LogP contribution in [0.4, 0.5) is 18.9 Å². The Bertz CT molecular complexity index is 1090. The van der Waals surface area contributed by atoms with Crippen molar-refractivity contribution in [1.29, 1.82) is 0 Å². The second-order valence-corrected chi connectivity index (χ2v) is 7.04. The highest BCUT2D eigenvalue weighted by Gasteiger charge is 2.30. The summed E-state index contributed by atoms with van der Waals surface area (Å²) in [5, 5.41) is 0. The number of ketones is 1. The van der Waals surface area contributed by atoms with Crippen LogP contribution in [-0.4, -0.2) is 10.4 Å². The van der Waals surface area contributed by atoms with Gasteiger partial charge in [-0.2, -0.15) is 13.2 Å². The first kappa shape index (κ1) is 19.9. The minimum atomic E-state index is -4.43. The molecule has 0 atom stereocenters. The first-order valence-electron chi connectivity index (χ1n) is 8.11. The number of benzene rings is 2. The van der Waals surface area contributed by atoms with Crippen molar-refractivity contribution < 1.29 is 18.0 Å². The lowest BCUT2D eigenvalue weighted by Crippen LogP contribution is -2.25. The number of pyridine rings is 1. The number of hydrogen-bond acceptors (Lipinski definition) is 3. The van der Waals surface area contributed by atoms with Gasteiger partial charge >= 0.3 is 6.18 Å². The zero-order valence-corrected chi connectivity index (χ0v) is 15.9. The second kappa shape index (κ2) is 7.63. The molecule has 0 aliphatic heterocycles. The molecule has 0 radical (unpaired) electrons. The molecular formula is C20H14BrF3N2O2. The van der Waals surface area contributed by atoms with Crippen LogP contribution < -0.4 is 11.3 Å². The molecule has 3 rings (SSSR count). The van der Waals surface area contributed by atoms with Crippen LogP contribution >= 0.6 is 15.9 Å². The van der Waals surface area contributed by atoms with Gasteiger partial charge in [0, 0.05) is 16.2 Å². The molecule has 0 fully saturated rings. The topological polar surface area (TPSA) is 65.1 Å². The fourth-order valence-corrected chi connectivity index (χ4v) is 3.20. The van der Waals surface area contributed by atoms with Crippen LogP contribution in [0.5, 0.6) is 0 Å². The highest BCUT2D eigenvalue weighted by molar-refractivity contribution is 9.10. The monoisotopic (exact) mass is 450 g/mol. The number of nitrogens with two attached hydrogens (primary N) is 1. The van der Waals surface area contributed by atoms with Gasteiger partial charge in [0.2, 0.25) is 0 Å². The molecule has 1 aromatic heterocycles. The number of carbonyl (C=O) groups is 1. The van der Waals surface area contributed by atoms with E-state index >= 15 is 0 Å². The van der Waals surface area contributed by atoms with Gasteiger partial charge in [-0.15, -0.1) is 0 Å². The Morgan fingerprint density at radius 2 is 1.71 bits per heavy atom. The molecule has 28 heavy (non-hydrogen) atoms. The van der Waals surface area contributed by atoms with Crippen LogP contribution in [0.25, 0.3) is 11.1 Å². The summed E-state index contributed by atoms with van der Waals surface area (Å²) in [4.78, 5) is 24.5. The van der Waals surface area contributed by atoms with Gasteiger partial charge in [0.15, 0.2) is 5.78 Å². The minimum absolute atomic E-state index is 0.0158. The van der Waals surface area contributed by atoms with E-state index in [-0.39, 0.29) is 18.0 Å². The zero-order chi connectivity index (χ0) is 20.5. The largest absolute Gasteiger partial charge is 0.416 e. The molecular weight excluding hydrogens is 437 g/mol. The first-order valence-corrected chi connectivity index (χ1v) is 8.91. The van der Waals surface area contributed by atoms with Crippen LogP contribution in [0.1, 0.15) is 15.9 Å². The molecule has 0 saturated carbocycles. The molecule has 0 unspecified atom stereocenters. The number of alkyl halides is 3. The highest BCUT2D eigenvalue weighted by Crippen LogP contribution is 2.32. The third kappa shape index (κ3) is 4.33. The molecule has 2 N–H and O–H groups in total. The van der Waals surface area contributed by atoms with Crippen LogP contribution in [0.2, 0.25) is 0 Å². The SMILES string of the molecule is Nc1cc(Br)cn(CC(=O)c2ccc(-c3cccc(C(F)(F)F)c3)cc2)c1=O. The third-order valence-electron chi connectivity index (χ3n) is 4.12. The van der Waals surface area contributed by atoms with Crippen molar-refractivity contribution >= 4 is 27.4 Å². The Balaban J connectivity index is 1.83. The van der Waals surface area contributed by atoms with Gasteiger partial charge in [0.1, 0.15) is 0 Å². The van der Waals surface area contributed by atoms with E-state index in [1.165, 1.54) is 35.0 Å². The summed E-state index contributed by atoms with van der Waals surface area (Å²) in [5.41, 5.74) is 5.69. The summed E-state index contributed by atoms with van der Waals surface area (Å²) in [7, 11) is 0. The predicted molar refractivity (Wildman–Crippen MR) is 104 cm³/mol. The molecule has 8 heteroatoms. The smallest absolute Gasteiger partial charge is 0.394 e. The summed E-state index contributed by atoms with van der Waals surface area (Å²) >= 11 is 3.22. The van der Waals surface area contributed by atoms with Gasteiger partial charge in [0.05, 0.1) is 17.8 Å². The molecule has 0 saturated heterocycles. The molecule has 0 spiro atoms. The Morgan fingerprint density at radius 3 is 2.36 bits per heavy atom. The van der Waals surface area contributed by atoms with Crippen LogP contribution in [0.15, 0.2) is 70.1 Å². The van der Waals surface area contributed by atoms with Crippen molar-refractivity contribution in [2.75, 3.05) is 5.73 Å². The van der Waals surface area contributed by atoms with Gasteiger partial charge < -0.3 is 10.3 Å². The number of carbonyl (C=O) groups excluding carboxylic acids is 1. The molecule has 0 aliphatic carbocycles. The van der Waals surface area contributed by atoms with E-state index in [4.69, 9.17) is 5.73 Å². The standard InChI is InChI=1S/C20H14BrF3N2O2/c21-16-9-17(25)19(28)26(10-16)11-18(27)13-6-4-12(5-7-13)14-2-1-3-15(8-14)20(22,23)24/h1-10H,11,25H2. The van der Waals surface area contributed by atoms with E-state index in [2.05, 4.69) is 15.9 Å². The number of anilines is 1. The number of rotatable bonds is 4. The van der Waals surface area contributed by atoms with Crippen molar-refractivity contribution in [2.45, 2.75) is 12.7 Å². The van der Waals surface area contributed by atoms with Crippen molar-refractivity contribution in [1.82, 2.24) is 4.57 Å². The van der Waals surface area contributed by atoms with Gasteiger partial charge in [-0.3, -0.25) is 9.59 Å². The summed E-state index contributed by atoms with van der Waals surface area (Å²) in [6.07, 6.45) is -2.96. The third-order valence-corrected chi connectivity index (χ3v) is 4.56. The second-order valence-electron chi connectivity index (χ2n) is 6.13. The predicted octanol–water partition coefficient (Wildman–Crippen LogP) is 4.76. The Labute approximate surface area is 166 Å². The number of hydrogen-bond donors (Lipinski definition) is 1. The normalized spacial score (nSPS) is 11.4. The van der Waals surface area contributed by atoms with E-state index in [1.807, 2.05) is 0 Å². The van der Waals surface area contributed by atoms with Crippen LogP contribution in [-0.2, 0) is 12.7 Å².